The second kappa shape index (κ2) is 7.65. The fourth-order valence-electron chi connectivity index (χ4n) is 1.40. The van der Waals surface area contributed by atoms with Gasteiger partial charge in [-0.15, -0.1) is 0 Å². The normalized spacial score (nSPS) is 12.7. The summed E-state index contributed by atoms with van der Waals surface area (Å²) in [5.41, 5.74) is 0.758. The predicted octanol–water partition coefficient (Wildman–Crippen LogP) is 2.36. The lowest BCUT2D eigenvalue weighted by molar-refractivity contribution is 0.167. The molecule has 0 aliphatic heterocycles. The highest BCUT2D eigenvalue weighted by atomic mass is 32.2. The molecule has 1 rings (SSSR count). The van der Waals surface area contributed by atoms with Crippen molar-refractivity contribution in [1.82, 2.24) is 0 Å². The van der Waals surface area contributed by atoms with Gasteiger partial charge in [0.05, 0.1) is 12.7 Å². The number of halogens is 1. The Labute approximate surface area is 99.5 Å². The Morgan fingerprint density at radius 2 is 1.88 bits per heavy atom. The summed E-state index contributed by atoms with van der Waals surface area (Å²) in [7, 11) is 0. The Balaban J connectivity index is 2.24. The average Bonchev–Trinajstić information content (AvgIpc) is 2.29. The standard InChI is InChI=1S/C12H17FO2S/c13-11-5-3-10(4-6-11)12(15)2-1-8-16-9-7-14/h3-6,12,14-15H,1-2,7-9H2/t12-/m1/s1. The Bertz CT molecular complexity index is 290. The summed E-state index contributed by atoms with van der Waals surface area (Å²) < 4.78 is 12.6. The van der Waals surface area contributed by atoms with E-state index >= 15 is 0 Å². The van der Waals surface area contributed by atoms with Gasteiger partial charge in [-0.05, 0) is 36.3 Å². The summed E-state index contributed by atoms with van der Waals surface area (Å²) in [5, 5.41) is 18.4. The number of benzene rings is 1. The molecule has 2 N–H and O–H groups in total. The zero-order valence-corrected chi connectivity index (χ0v) is 9.92. The van der Waals surface area contributed by atoms with Gasteiger partial charge in [-0.2, -0.15) is 11.8 Å². The molecule has 1 aromatic carbocycles. The van der Waals surface area contributed by atoms with E-state index in [9.17, 15) is 9.50 Å². The van der Waals surface area contributed by atoms with Gasteiger partial charge in [0.15, 0.2) is 0 Å². The summed E-state index contributed by atoms with van der Waals surface area (Å²) in [5.74, 6) is 1.39. The fourth-order valence-corrected chi connectivity index (χ4v) is 2.10. The quantitative estimate of drug-likeness (QED) is 0.723. The van der Waals surface area contributed by atoms with Gasteiger partial charge >= 0.3 is 0 Å². The van der Waals surface area contributed by atoms with E-state index in [4.69, 9.17) is 5.11 Å². The average molecular weight is 244 g/mol. The van der Waals surface area contributed by atoms with Gasteiger partial charge in [-0.1, -0.05) is 12.1 Å². The molecule has 90 valence electrons. The largest absolute Gasteiger partial charge is 0.396 e. The van der Waals surface area contributed by atoms with Crippen molar-refractivity contribution in [2.75, 3.05) is 18.1 Å². The molecule has 0 heterocycles. The van der Waals surface area contributed by atoms with Crippen LogP contribution in [0, 0.1) is 5.82 Å². The first-order valence-corrected chi connectivity index (χ1v) is 6.51. The molecule has 0 aromatic heterocycles. The van der Waals surface area contributed by atoms with E-state index in [2.05, 4.69) is 0 Å². The van der Waals surface area contributed by atoms with Crippen molar-refractivity contribution in [3.8, 4) is 0 Å². The van der Waals surface area contributed by atoms with Crippen LogP contribution in [-0.4, -0.2) is 28.3 Å². The van der Waals surface area contributed by atoms with Crippen molar-refractivity contribution in [2.45, 2.75) is 18.9 Å². The highest BCUT2D eigenvalue weighted by Gasteiger charge is 2.06. The molecule has 0 fully saturated rings. The van der Waals surface area contributed by atoms with Gasteiger partial charge in [0.1, 0.15) is 5.82 Å². The Hall–Kier alpha value is -0.580. The van der Waals surface area contributed by atoms with E-state index in [-0.39, 0.29) is 12.4 Å². The number of thioether (sulfide) groups is 1. The zero-order chi connectivity index (χ0) is 11.8. The van der Waals surface area contributed by atoms with Crippen molar-refractivity contribution >= 4 is 11.8 Å². The zero-order valence-electron chi connectivity index (χ0n) is 9.10. The van der Waals surface area contributed by atoms with Crippen molar-refractivity contribution in [3.05, 3.63) is 35.6 Å². The second-order valence-corrected chi connectivity index (χ2v) is 4.77. The fraction of sp³-hybridized carbons (Fsp3) is 0.500. The molecule has 1 atom stereocenters. The molecule has 0 spiro atoms. The molecule has 0 saturated heterocycles. The van der Waals surface area contributed by atoms with Crippen LogP contribution < -0.4 is 0 Å². The highest BCUT2D eigenvalue weighted by molar-refractivity contribution is 7.99. The minimum absolute atomic E-state index is 0.200. The summed E-state index contributed by atoms with van der Waals surface area (Å²) in [6, 6.07) is 5.94. The molecule has 1 aromatic rings. The first-order chi connectivity index (χ1) is 7.74. The van der Waals surface area contributed by atoms with E-state index in [1.165, 1.54) is 12.1 Å². The van der Waals surface area contributed by atoms with Crippen molar-refractivity contribution in [2.24, 2.45) is 0 Å². The van der Waals surface area contributed by atoms with Gasteiger partial charge in [0, 0.05) is 5.75 Å². The SMILES string of the molecule is OCCSCCC[C@@H](O)c1ccc(F)cc1. The van der Waals surface area contributed by atoms with Crippen LogP contribution in [0.1, 0.15) is 24.5 Å². The van der Waals surface area contributed by atoms with Crippen LogP contribution in [-0.2, 0) is 0 Å². The minimum atomic E-state index is -0.518. The van der Waals surface area contributed by atoms with Crippen LogP contribution in [0.25, 0.3) is 0 Å². The van der Waals surface area contributed by atoms with Crippen LogP contribution in [0.4, 0.5) is 4.39 Å². The molecule has 2 nitrogen and oxygen atoms in total. The van der Waals surface area contributed by atoms with Crippen LogP contribution in [0.3, 0.4) is 0 Å². The Morgan fingerprint density at radius 3 is 2.50 bits per heavy atom. The summed E-state index contributed by atoms with van der Waals surface area (Å²) in [6.45, 7) is 0.200. The summed E-state index contributed by atoms with van der Waals surface area (Å²) in [6.07, 6.45) is 1.04. The Morgan fingerprint density at radius 1 is 1.19 bits per heavy atom. The van der Waals surface area contributed by atoms with Crippen LogP contribution in [0.2, 0.25) is 0 Å². The van der Waals surface area contributed by atoms with Gasteiger partial charge < -0.3 is 10.2 Å². The Kier molecular flexibility index (Phi) is 6.45. The van der Waals surface area contributed by atoms with Gasteiger partial charge in [-0.3, -0.25) is 0 Å². The second-order valence-electron chi connectivity index (χ2n) is 3.55. The van der Waals surface area contributed by atoms with E-state index in [1.807, 2.05) is 0 Å². The lowest BCUT2D eigenvalue weighted by atomic mass is 10.1. The first-order valence-electron chi connectivity index (χ1n) is 5.36. The van der Waals surface area contributed by atoms with E-state index in [0.29, 0.717) is 6.42 Å². The van der Waals surface area contributed by atoms with Crippen LogP contribution >= 0.6 is 11.8 Å². The molecule has 4 heteroatoms. The third-order valence-corrected chi connectivity index (χ3v) is 3.31. The number of hydrogen-bond donors (Lipinski definition) is 2. The third-order valence-electron chi connectivity index (χ3n) is 2.26. The van der Waals surface area contributed by atoms with Crippen molar-refractivity contribution in [3.63, 3.8) is 0 Å². The topological polar surface area (TPSA) is 40.5 Å². The molecule has 0 aliphatic carbocycles. The highest BCUT2D eigenvalue weighted by Crippen LogP contribution is 2.19. The minimum Gasteiger partial charge on any atom is -0.396 e. The third kappa shape index (κ3) is 4.96. The lowest BCUT2D eigenvalue weighted by Gasteiger charge is -2.10. The number of hydrogen-bond acceptors (Lipinski definition) is 3. The molecule has 0 saturated carbocycles. The maximum absolute atomic E-state index is 12.6. The summed E-state index contributed by atoms with van der Waals surface area (Å²) >= 11 is 1.67. The van der Waals surface area contributed by atoms with Crippen molar-refractivity contribution < 1.29 is 14.6 Å². The number of aliphatic hydroxyl groups excluding tert-OH is 2. The van der Waals surface area contributed by atoms with E-state index in [0.717, 1.165) is 23.5 Å². The molecule has 16 heavy (non-hydrogen) atoms. The molecule has 0 bridgehead atoms. The molecular formula is C12H17FO2S. The van der Waals surface area contributed by atoms with Crippen LogP contribution in [0.5, 0.6) is 0 Å². The molecule has 0 radical (unpaired) electrons. The van der Waals surface area contributed by atoms with E-state index in [1.54, 1.807) is 23.9 Å². The predicted molar refractivity (Wildman–Crippen MR) is 65.0 cm³/mol. The molecule has 0 amide bonds. The summed E-state index contributed by atoms with van der Waals surface area (Å²) in [4.78, 5) is 0. The molecule has 0 unspecified atom stereocenters. The van der Waals surface area contributed by atoms with Gasteiger partial charge in [0.2, 0.25) is 0 Å². The number of aliphatic hydroxyl groups is 2. The van der Waals surface area contributed by atoms with Crippen molar-refractivity contribution in [1.29, 1.82) is 0 Å². The maximum Gasteiger partial charge on any atom is 0.123 e. The molecular weight excluding hydrogens is 227 g/mol. The van der Waals surface area contributed by atoms with Crippen LogP contribution in [0.15, 0.2) is 24.3 Å². The monoisotopic (exact) mass is 244 g/mol. The lowest BCUT2D eigenvalue weighted by Crippen LogP contribution is -1.98. The number of rotatable bonds is 7. The van der Waals surface area contributed by atoms with Gasteiger partial charge in [0.25, 0.3) is 0 Å². The van der Waals surface area contributed by atoms with E-state index < -0.39 is 6.10 Å². The first kappa shape index (κ1) is 13.5. The molecule has 0 aliphatic rings. The smallest absolute Gasteiger partial charge is 0.123 e. The van der Waals surface area contributed by atoms with Gasteiger partial charge in [-0.25, -0.2) is 4.39 Å². The maximum atomic E-state index is 12.6.